The standard InChI is InChI=1S/C18H26N4O2/c1-21-12-13(11-19)10-16(21)18(24)20-14-6-8-22(9-7-14)15-4-2-3-5-17(15)23/h10,12,14-15,17,23H,2-9H2,1H3,(H,20,24). The van der Waals surface area contributed by atoms with Gasteiger partial charge in [-0.3, -0.25) is 9.69 Å². The number of aromatic nitrogens is 1. The Balaban J connectivity index is 1.52. The molecule has 0 bridgehead atoms. The molecule has 24 heavy (non-hydrogen) atoms. The largest absolute Gasteiger partial charge is 0.391 e. The maximum atomic E-state index is 12.4. The van der Waals surface area contributed by atoms with Crippen molar-refractivity contribution in [3.05, 3.63) is 23.5 Å². The maximum absolute atomic E-state index is 12.4. The number of carbonyl (C=O) groups excluding carboxylic acids is 1. The van der Waals surface area contributed by atoms with Crippen LogP contribution in [0.15, 0.2) is 12.3 Å². The van der Waals surface area contributed by atoms with Crippen molar-refractivity contribution in [3.63, 3.8) is 0 Å². The molecule has 2 N–H and O–H groups in total. The van der Waals surface area contributed by atoms with Crippen molar-refractivity contribution in [3.8, 4) is 6.07 Å². The van der Waals surface area contributed by atoms with Gasteiger partial charge in [-0.1, -0.05) is 12.8 Å². The molecule has 0 spiro atoms. The number of likely N-dealkylation sites (tertiary alicyclic amines) is 1. The lowest BCUT2D eigenvalue weighted by Crippen LogP contribution is -2.52. The van der Waals surface area contributed by atoms with Crippen LogP contribution in [0.5, 0.6) is 0 Å². The Morgan fingerprint density at radius 2 is 2.00 bits per heavy atom. The molecule has 1 aliphatic heterocycles. The number of piperidine rings is 1. The molecule has 6 nitrogen and oxygen atoms in total. The first-order valence-electron chi connectivity index (χ1n) is 8.88. The van der Waals surface area contributed by atoms with E-state index in [1.165, 1.54) is 6.42 Å². The first-order chi connectivity index (χ1) is 11.6. The summed E-state index contributed by atoms with van der Waals surface area (Å²) in [7, 11) is 1.78. The van der Waals surface area contributed by atoms with Crippen LogP contribution in [0, 0.1) is 11.3 Å². The van der Waals surface area contributed by atoms with Crippen molar-refractivity contribution < 1.29 is 9.90 Å². The molecule has 1 amide bonds. The van der Waals surface area contributed by atoms with Crippen molar-refractivity contribution >= 4 is 5.91 Å². The lowest BCUT2D eigenvalue weighted by Gasteiger charge is -2.41. The van der Waals surface area contributed by atoms with Crippen LogP contribution in [0.4, 0.5) is 0 Å². The van der Waals surface area contributed by atoms with Gasteiger partial charge in [0, 0.05) is 38.4 Å². The molecule has 1 aliphatic carbocycles. The second-order valence-corrected chi connectivity index (χ2v) is 7.04. The zero-order chi connectivity index (χ0) is 17.1. The van der Waals surface area contributed by atoms with Gasteiger partial charge in [0.2, 0.25) is 0 Å². The Bertz CT molecular complexity index is 625. The molecule has 2 heterocycles. The number of amides is 1. The third-order valence-electron chi connectivity index (χ3n) is 5.39. The van der Waals surface area contributed by atoms with E-state index >= 15 is 0 Å². The minimum absolute atomic E-state index is 0.116. The van der Waals surface area contributed by atoms with Gasteiger partial charge in [0.05, 0.1) is 11.7 Å². The third kappa shape index (κ3) is 3.63. The normalized spacial score (nSPS) is 26.0. The second kappa shape index (κ2) is 7.37. The fourth-order valence-electron chi connectivity index (χ4n) is 4.00. The zero-order valence-electron chi connectivity index (χ0n) is 14.2. The van der Waals surface area contributed by atoms with Crippen molar-refractivity contribution in [1.29, 1.82) is 5.26 Å². The molecule has 1 saturated heterocycles. The number of aryl methyl sites for hydroxylation is 1. The van der Waals surface area contributed by atoms with Crippen LogP contribution in [-0.4, -0.2) is 51.8 Å². The van der Waals surface area contributed by atoms with Gasteiger partial charge < -0.3 is 15.0 Å². The number of carbonyl (C=O) groups is 1. The van der Waals surface area contributed by atoms with Crippen molar-refractivity contribution in [2.75, 3.05) is 13.1 Å². The average Bonchev–Trinajstić information content (AvgIpc) is 2.97. The van der Waals surface area contributed by atoms with Gasteiger partial charge in [-0.15, -0.1) is 0 Å². The fraction of sp³-hybridized carbons (Fsp3) is 0.667. The molecule has 130 valence electrons. The molecule has 2 unspecified atom stereocenters. The number of nitrogens with one attached hydrogen (secondary N) is 1. The van der Waals surface area contributed by atoms with Crippen LogP contribution >= 0.6 is 0 Å². The maximum Gasteiger partial charge on any atom is 0.268 e. The highest BCUT2D eigenvalue weighted by atomic mass is 16.3. The van der Waals surface area contributed by atoms with Gasteiger partial charge in [0.25, 0.3) is 5.91 Å². The summed E-state index contributed by atoms with van der Waals surface area (Å²) in [6, 6.07) is 4.14. The van der Waals surface area contributed by atoms with Crippen molar-refractivity contribution in [1.82, 2.24) is 14.8 Å². The van der Waals surface area contributed by atoms with Gasteiger partial charge in [0.15, 0.2) is 0 Å². The minimum atomic E-state index is -0.197. The van der Waals surface area contributed by atoms with E-state index in [9.17, 15) is 9.90 Å². The summed E-state index contributed by atoms with van der Waals surface area (Å²) in [4.78, 5) is 14.8. The van der Waals surface area contributed by atoms with E-state index in [4.69, 9.17) is 5.26 Å². The highest BCUT2D eigenvalue weighted by Crippen LogP contribution is 2.26. The average molecular weight is 330 g/mol. The van der Waals surface area contributed by atoms with Gasteiger partial charge in [0.1, 0.15) is 11.8 Å². The van der Waals surface area contributed by atoms with Crippen LogP contribution in [0.2, 0.25) is 0 Å². The monoisotopic (exact) mass is 330 g/mol. The summed E-state index contributed by atoms with van der Waals surface area (Å²) >= 11 is 0. The molecule has 6 heteroatoms. The summed E-state index contributed by atoms with van der Waals surface area (Å²) in [5.74, 6) is -0.116. The van der Waals surface area contributed by atoms with E-state index in [0.29, 0.717) is 17.3 Å². The topological polar surface area (TPSA) is 81.3 Å². The first-order valence-corrected chi connectivity index (χ1v) is 8.88. The summed E-state index contributed by atoms with van der Waals surface area (Å²) in [6.45, 7) is 1.84. The summed E-state index contributed by atoms with van der Waals surface area (Å²) in [5.41, 5.74) is 1.03. The molecule has 1 saturated carbocycles. The number of aliphatic hydroxyl groups is 1. The molecule has 0 aromatic carbocycles. The quantitative estimate of drug-likeness (QED) is 0.878. The Labute approximate surface area is 143 Å². The van der Waals surface area contributed by atoms with E-state index in [1.54, 1.807) is 23.9 Å². The highest BCUT2D eigenvalue weighted by molar-refractivity contribution is 5.93. The molecule has 0 radical (unpaired) electrons. The summed E-state index contributed by atoms with van der Waals surface area (Å²) < 4.78 is 1.70. The van der Waals surface area contributed by atoms with Gasteiger partial charge >= 0.3 is 0 Å². The van der Waals surface area contributed by atoms with Crippen molar-refractivity contribution in [2.45, 2.75) is 56.7 Å². The number of hydrogen-bond acceptors (Lipinski definition) is 4. The molecule has 1 aromatic rings. The summed E-state index contributed by atoms with van der Waals surface area (Å²) in [5, 5.41) is 22.2. The number of nitriles is 1. The van der Waals surface area contributed by atoms with Crippen LogP contribution in [0.3, 0.4) is 0 Å². The SMILES string of the molecule is Cn1cc(C#N)cc1C(=O)NC1CCN(C2CCCCC2O)CC1. The summed E-state index contributed by atoms with van der Waals surface area (Å²) in [6.07, 6.45) is 7.61. The van der Waals surface area contributed by atoms with E-state index in [1.807, 2.05) is 0 Å². The molecular formula is C18H26N4O2. The van der Waals surface area contributed by atoms with E-state index in [2.05, 4.69) is 16.3 Å². The first kappa shape index (κ1) is 17.0. The molecule has 2 fully saturated rings. The molecular weight excluding hydrogens is 304 g/mol. The highest BCUT2D eigenvalue weighted by Gasteiger charge is 2.31. The van der Waals surface area contributed by atoms with Crippen LogP contribution in [-0.2, 0) is 7.05 Å². The zero-order valence-corrected chi connectivity index (χ0v) is 14.2. The fourth-order valence-corrected chi connectivity index (χ4v) is 4.00. The van der Waals surface area contributed by atoms with E-state index in [0.717, 1.165) is 45.2 Å². The van der Waals surface area contributed by atoms with Crippen molar-refractivity contribution in [2.24, 2.45) is 7.05 Å². The van der Waals surface area contributed by atoms with Gasteiger partial charge in [-0.05, 0) is 31.7 Å². The Morgan fingerprint density at radius 1 is 1.29 bits per heavy atom. The van der Waals surface area contributed by atoms with Gasteiger partial charge in [-0.2, -0.15) is 5.26 Å². The molecule has 3 rings (SSSR count). The number of rotatable bonds is 3. The Kier molecular flexibility index (Phi) is 5.22. The minimum Gasteiger partial charge on any atom is -0.391 e. The number of hydrogen-bond donors (Lipinski definition) is 2. The Morgan fingerprint density at radius 3 is 2.62 bits per heavy atom. The smallest absolute Gasteiger partial charge is 0.268 e. The number of nitrogens with zero attached hydrogens (tertiary/aromatic N) is 3. The second-order valence-electron chi connectivity index (χ2n) is 7.04. The van der Waals surface area contributed by atoms with Crippen LogP contribution in [0.1, 0.15) is 54.6 Å². The lowest BCUT2D eigenvalue weighted by atomic mass is 9.89. The lowest BCUT2D eigenvalue weighted by molar-refractivity contribution is 0.00725. The molecule has 2 aliphatic rings. The molecule has 1 aromatic heterocycles. The Hall–Kier alpha value is -1.84. The number of aliphatic hydroxyl groups excluding tert-OH is 1. The van der Waals surface area contributed by atoms with E-state index in [-0.39, 0.29) is 18.1 Å². The van der Waals surface area contributed by atoms with Crippen LogP contribution < -0.4 is 5.32 Å². The third-order valence-corrected chi connectivity index (χ3v) is 5.39. The predicted octanol–water partition coefficient (Wildman–Crippen LogP) is 1.39. The van der Waals surface area contributed by atoms with Gasteiger partial charge in [-0.25, -0.2) is 0 Å². The van der Waals surface area contributed by atoms with E-state index < -0.39 is 0 Å². The predicted molar refractivity (Wildman–Crippen MR) is 90.5 cm³/mol. The van der Waals surface area contributed by atoms with Crippen LogP contribution in [0.25, 0.3) is 0 Å². The molecule has 2 atom stereocenters.